The first-order valence-electron chi connectivity index (χ1n) is 7.33. The number of carbonyl (C=O) groups excluding carboxylic acids is 2. The molecular formula is C17H21N3O3. The Morgan fingerprint density at radius 1 is 1.30 bits per heavy atom. The number of hydrogen-bond acceptors (Lipinski definition) is 4. The lowest BCUT2D eigenvalue weighted by Crippen LogP contribution is -2.37. The van der Waals surface area contributed by atoms with Gasteiger partial charge in [0.15, 0.2) is 0 Å². The molecule has 0 saturated carbocycles. The van der Waals surface area contributed by atoms with Gasteiger partial charge in [0.2, 0.25) is 0 Å². The molecule has 0 N–H and O–H groups in total. The van der Waals surface area contributed by atoms with Crippen molar-refractivity contribution in [3.63, 3.8) is 0 Å². The highest BCUT2D eigenvalue weighted by Gasteiger charge is 2.27. The number of ether oxygens (including phenoxy) is 1. The van der Waals surface area contributed by atoms with E-state index in [1.807, 2.05) is 18.2 Å². The molecule has 6 heteroatoms. The lowest BCUT2D eigenvalue weighted by molar-refractivity contribution is -0.112. The van der Waals surface area contributed by atoms with Gasteiger partial charge in [-0.1, -0.05) is 18.2 Å². The Morgan fingerprint density at radius 3 is 2.57 bits per heavy atom. The second kappa shape index (κ2) is 6.64. The predicted molar refractivity (Wildman–Crippen MR) is 86.4 cm³/mol. The van der Waals surface area contributed by atoms with Gasteiger partial charge < -0.3 is 9.53 Å². The largest absolute Gasteiger partial charge is 0.444 e. The van der Waals surface area contributed by atoms with E-state index in [-0.39, 0.29) is 0 Å². The van der Waals surface area contributed by atoms with Crippen molar-refractivity contribution < 1.29 is 14.3 Å². The minimum atomic E-state index is -0.759. The summed E-state index contributed by atoms with van der Waals surface area (Å²) in [4.78, 5) is 25.2. The molecule has 0 aliphatic heterocycles. The van der Waals surface area contributed by atoms with Crippen molar-refractivity contribution in [2.75, 3.05) is 7.05 Å². The van der Waals surface area contributed by atoms with E-state index in [1.165, 1.54) is 4.90 Å². The van der Waals surface area contributed by atoms with Crippen molar-refractivity contribution in [1.82, 2.24) is 14.7 Å². The average Bonchev–Trinajstić information content (AvgIpc) is 3.00. The molecule has 0 bridgehead atoms. The van der Waals surface area contributed by atoms with Crippen LogP contribution in [0.4, 0.5) is 4.79 Å². The average molecular weight is 315 g/mol. The Labute approximate surface area is 135 Å². The van der Waals surface area contributed by atoms with Crippen LogP contribution in [-0.2, 0) is 9.53 Å². The van der Waals surface area contributed by atoms with Crippen LogP contribution in [0.3, 0.4) is 0 Å². The van der Waals surface area contributed by atoms with Gasteiger partial charge in [0.1, 0.15) is 17.9 Å². The first-order valence-corrected chi connectivity index (χ1v) is 7.33. The predicted octanol–water partition coefficient (Wildman–Crippen LogP) is 2.98. The van der Waals surface area contributed by atoms with Gasteiger partial charge in [0.25, 0.3) is 0 Å². The fraction of sp³-hybridized carbons (Fsp3) is 0.353. The zero-order valence-corrected chi connectivity index (χ0v) is 13.8. The van der Waals surface area contributed by atoms with E-state index in [1.54, 1.807) is 57.0 Å². The van der Waals surface area contributed by atoms with E-state index >= 15 is 0 Å². The summed E-state index contributed by atoms with van der Waals surface area (Å²) >= 11 is 0. The van der Waals surface area contributed by atoms with Crippen molar-refractivity contribution >= 4 is 12.4 Å². The maximum atomic E-state index is 12.3. The van der Waals surface area contributed by atoms with Crippen molar-refractivity contribution in [3.8, 4) is 5.69 Å². The van der Waals surface area contributed by atoms with Crippen LogP contribution in [0, 0.1) is 0 Å². The van der Waals surface area contributed by atoms with Crippen molar-refractivity contribution in [1.29, 1.82) is 0 Å². The minimum Gasteiger partial charge on any atom is -0.444 e. The molecule has 2 rings (SSSR count). The third-order valence-electron chi connectivity index (χ3n) is 3.23. The fourth-order valence-corrected chi connectivity index (χ4v) is 2.18. The molecule has 1 unspecified atom stereocenters. The summed E-state index contributed by atoms with van der Waals surface area (Å²) in [6, 6.07) is 8.37. The van der Waals surface area contributed by atoms with Crippen molar-refractivity contribution in [2.45, 2.75) is 32.4 Å². The molecular weight excluding hydrogens is 294 g/mol. The van der Waals surface area contributed by atoms with E-state index in [0.717, 1.165) is 12.0 Å². The molecule has 1 amide bonds. The first-order chi connectivity index (χ1) is 10.8. The minimum absolute atomic E-state index is 0.551. The maximum absolute atomic E-state index is 12.3. The Hall–Kier alpha value is -2.63. The highest BCUT2D eigenvalue weighted by Crippen LogP contribution is 2.25. The van der Waals surface area contributed by atoms with Crippen LogP contribution in [0.2, 0.25) is 0 Å². The van der Waals surface area contributed by atoms with E-state index in [2.05, 4.69) is 5.10 Å². The Balaban J connectivity index is 2.35. The Bertz CT molecular complexity index is 675. The zero-order valence-electron chi connectivity index (χ0n) is 13.8. The summed E-state index contributed by atoms with van der Waals surface area (Å²) in [5, 5.41) is 4.19. The molecule has 1 atom stereocenters. The van der Waals surface area contributed by atoms with Crippen molar-refractivity contribution in [2.24, 2.45) is 0 Å². The fourth-order valence-electron chi connectivity index (χ4n) is 2.18. The molecule has 2 aromatic rings. The Kier molecular flexibility index (Phi) is 4.83. The van der Waals surface area contributed by atoms with E-state index in [4.69, 9.17) is 4.74 Å². The summed E-state index contributed by atoms with van der Waals surface area (Å²) in [6.45, 7) is 5.35. The molecule has 0 aliphatic rings. The number of benzene rings is 1. The lowest BCUT2D eigenvalue weighted by Gasteiger charge is -2.29. The highest BCUT2D eigenvalue weighted by atomic mass is 16.6. The molecule has 0 radical (unpaired) electrons. The second-order valence-corrected chi connectivity index (χ2v) is 6.18. The number of para-hydroxylation sites is 1. The molecule has 23 heavy (non-hydrogen) atoms. The topological polar surface area (TPSA) is 64.4 Å². The first kappa shape index (κ1) is 16.7. The monoisotopic (exact) mass is 315 g/mol. The molecule has 0 saturated heterocycles. The van der Waals surface area contributed by atoms with Crippen LogP contribution in [0.5, 0.6) is 0 Å². The summed E-state index contributed by atoms with van der Waals surface area (Å²) in [7, 11) is 1.55. The zero-order chi connectivity index (χ0) is 17.0. The quantitative estimate of drug-likeness (QED) is 0.814. The molecule has 0 aliphatic carbocycles. The van der Waals surface area contributed by atoms with Crippen LogP contribution in [0.15, 0.2) is 42.7 Å². The number of carbonyl (C=O) groups is 2. The van der Waals surface area contributed by atoms with Crippen LogP contribution in [0.25, 0.3) is 5.69 Å². The van der Waals surface area contributed by atoms with Gasteiger partial charge in [-0.05, 0) is 32.9 Å². The van der Waals surface area contributed by atoms with Gasteiger partial charge in [-0.15, -0.1) is 0 Å². The van der Waals surface area contributed by atoms with Gasteiger partial charge in [0.05, 0.1) is 5.69 Å². The van der Waals surface area contributed by atoms with E-state index in [9.17, 15) is 9.59 Å². The molecule has 6 nitrogen and oxygen atoms in total. The third-order valence-corrected chi connectivity index (χ3v) is 3.23. The number of rotatable bonds is 4. The summed E-state index contributed by atoms with van der Waals surface area (Å²) in [6.07, 6.45) is 3.62. The molecule has 0 spiro atoms. The van der Waals surface area contributed by atoms with Crippen LogP contribution in [-0.4, -0.2) is 39.7 Å². The van der Waals surface area contributed by atoms with Crippen LogP contribution < -0.4 is 0 Å². The Morgan fingerprint density at radius 2 is 2.00 bits per heavy atom. The molecule has 1 heterocycles. The summed E-state index contributed by atoms with van der Waals surface area (Å²) < 4.78 is 7.00. The van der Waals surface area contributed by atoms with Gasteiger partial charge in [-0.2, -0.15) is 5.10 Å². The molecule has 1 aromatic heterocycles. The van der Waals surface area contributed by atoms with E-state index in [0.29, 0.717) is 5.56 Å². The smallest absolute Gasteiger partial charge is 0.410 e. The van der Waals surface area contributed by atoms with E-state index < -0.39 is 17.7 Å². The second-order valence-electron chi connectivity index (χ2n) is 6.18. The van der Waals surface area contributed by atoms with Crippen molar-refractivity contribution in [3.05, 3.63) is 48.3 Å². The highest BCUT2D eigenvalue weighted by molar-refractivity contribution is 5.75. The number of aldehydes is 1. The number of nitrogens with zero attached hydrogens (tertiary/aromatic N) is 3. The third kappa shape index (κ3) is 3.97. The molecule has 0 fully saturated rings. The van der Waals surface area contributed by atoms with Gasteiger partial charge in [0, 0.05) is 25.0 Å². The van der Waals surface area contributed by atoms with Gasteiger partial charge in [-0.3, -0.25) is 4.90 Å². The number of likely N-dealkylation sites (N-methyl/N-ethyl adjacent to an activating group) is 1. The number of amides is 1. The molecule has 122 valence electrons. The maximum Gasteiger partial charge on any atom is 0.410 e. The number of aromatic nitrogens is 2. The standard InChI is InChI=1S/C17H21N3O3/c1-17(2,3)23-16(22)19(4)15(12-21)13-8-5-6-9-14(13)20-11-7-10-18-20/h5-12,15H,1-4H3. The molecule has 1 aromatic carbocycles. The van der Waals surface area contributed by atoms with Crippen LogP contribution in [0.1, 0.15) is 32.4 Å². The normalized spacial score (nSPS) is 12.5. The summed E-state index contributed by atoms with van der Waals surface area (Å²) in [5.74, 6) is 0. The summed E-state index contributed by atoms with van der Waals surface area (Å²) in [5.41, 5.74) is 0.796. The van der Waals surface area contributed by atoms with Crippen LogP contribution >= 0.6 is 0 Å². The SMILES string of the molecule is CN(C(=O)OC(C)(C)C)C(C=O)c1ccccc1-n1cccn1. The lowest BCUT2D eigenvalue weighted by atomic mass is 10.0. The van der Waals surface area contributed by atoms with Gasteiger partial charge >= 0.3 is 6.09 Å². The van der Waals surface area contributed by atoms with Gasteiger partial charge in [-0.25, -0.2) is 9.48 Å². The number of hydrogen-bond donors (Lipinski definition) is 0.